The van der Waals surface area contributed by atoms with E-state index >= 15 is 0 Å². The standard InChI is InChI=1S/C17H13BrClF3N2O2S/c1-24(16(26)7-4-11-3-6-14(18)27-11)9-15(25)23-10-2-5-13(19)12(8-10)17(20,21)22/h2-8H,9H2,1H3,(H,23,25)/b7-4+. The Balaban J connectivity index is 1.96. The Morgan fingerprint density at radius 2 is 2.00 bits per heavy atom. The van der Waals surface area contributed by atoms with E-state index < -0.39 is 28.6 Å². The first-order valence-electron chi connectivity index (χ1n) is 7.41. The third kappa shape index (κ3) is 6.37. The Kier molecular flexibility index (Phi) is 7.07. The molecule has 1 aromatic heterocycles. The molecule has 1 heterocycles. The van der Waals surface area contributed by atoms with Crippen LogP contribution in [0.2, 0.25) is 5.02 Å². The monoisotopic (exact) mass is 480 g/mol. The van der Waals surface area contributed by atoms with Gasteiger partial charge in [0.1, 0.15) is 0 Å². The second kappa shape index (κ2) is 8.90. The molecule has 0 spiro atoms. The number of rotatable bonds is 5. The lowest BCUT2D eigenvalue weighted by molar-refractivity contribution is -0.137. The van der Waals surface area contributed by atoms with Crippen molar-refractivity contribution >= 4 is 62.4 Å². The van der Waals surface area contributed by atoms with Gasteiger partial charge in [-0.05, 0) is 52.3 Å². The van der Waals surface area contributed by atoms with Crippen LogP contribution in [0.25, 0.3) is 6.08 Å². The first-order valence-corrected chi connectivity index (χ1v) is 9.40. The molecule has 0 aliphatic carbocycles. The maximum absolute atomic E-state index is 12.8. The molecule has 0 saturated carbocycles. The maximum Gasteiger partial charge on any atom is 0.417 e. The van der Waals surface area contributed by atoms with Crippen molar-refractivity contribution < 1.29 is 22.8 Å². The van der Waals surface area contributed by atoms with E-state index in [1.165, 1.54) is 30.5 Å². The number of alkyl halides is 3. The number of likely N-dealkylation sites (N-methyl/N-ethyl adjacent to an activating group) is 1. The molecule has 0 bridgehead atoms. The summed E-state index contributed by atoms with van der Waals surface area (Å²) in [5, 5.41) is 1.86. The number of hydrogen-bond donors (Lipinski definition) is 1. The number of anilines is 1. The summed E-state index contributed by atoms with van der Waals surface area (Å²) in [6.07, 6.45) is -1.71. The van der Waals surface area contributed by atoms with Crippen molar-refractivity contribution in [3.63, 3.8) is 0 Å². The van der Waals surface area contributed by atoms with Crippen molar-refractivity contribution in [1.82, 2.24) is 4.90 Å². The van der Waals surface area contributed by atoms with Crippen molar-refractivity contribution in [2.75, 3.05) is 18.9 Å². The van der Waals surface area contributed by atoms with E-state index in [1.54, 1.807) is 6.08 Å². The summed E-state index contributed by atoms with van der Waals surface area (Å²) in [4.78, 5) is 26.0. The molecule has 0 saturated heterocycles. The number of nitrogens with zero attached hydrogens (tertiary/aromatic N) is 1. The molecule has 0 fully saturated rings. The van der Waals surface area contributed by atoms with Crippen LogP contribution in [0.5, 0.6) is 0 Å². The molecular formula is C17H13BrClF3N2O2S. The average Bonchev–Trinajstić information content (AvgIpc) is 2.98. The minimum Gasteiger partial charge on any atom is -0.333 e. The van der Waals surface area contributed by atoms with Gasteiger partial charge in [0.05, 0.1) is 20.9 Å². The highest BCUT2D eigenvalue weighted by molar-refractivity contribution is 9.11. The highest BCUT2D eigenvalue weighted by Gasteiger charge is 2.33. The number of amides is 2. The number of carbonyl (C=O) groups excluding carboxylic acids is 2. The molecule has 27 heavy (non-hydrogen) atoms. The number of carbonyl (C=O) groups is 2. The molecule has 0 unspecified atom stereocenters. The number of hydrogen-bond acceptors (Lipinski definition) is 3. The van der Waals surface area contributed by atoms with Crippen molar-refractivity contribution in [3.8, 4) is 0 Å². The maximum atomic E-state index is 12.8. The lowest BCUT2D eigenvalue weighted by Crippen LogP contribution is -2.33. The molecule has 4 nitrogen and oxygen atoms in total. The molecule has 0 aliphatic rings. The van der Waals surface area contributed by atoms with Gasteiger partial charge in [-0.3, -0.25) is 9.59 Å². The molecule has 2 amide bonds. The van der Waals surface area contributed by atoms with Crippen LogP contribution in [-0.4, -0.2) is 30.3 Å². The van der Waals surface area contributed by atoms with Crippen LogP contribution in [0.3, 0.4) is 0 Å². The number of nitrogens with one attached hydrogen (secondary N) is 1. The quantitative estimate of drug-likeness (QED) is 0.590. The molecule has 0 radical (unpaired) electrons. The average molecular weight is 482 g/mol. The molecule has 10 heteroatoms. The van der Waals surface area contributed by atoms with E-state index in [4.69, 9.17) is 11.6 Å². The van der Waals surface area contributed by atoms with Gasteiger partial charge in [0, 0.05) is 23.7 Å². The van der Waals surface area contributed by atoms with Gasteiger partial charge in [-0.2, -0.15) is 13.2 Å². The second-order valence-corrected chi connectivity index (χ2v) is 8.31. The molecule has 1 aromatic carbocycles. The highest BCUT2D eigenvalue weighted by atomic mass is 79.9. The van der Waals surface area contributed by atoms with Gasteiger partial charge in [0.15, 0.2) is 0 Å². The smallest absolute Gasteiger partial charge is 0.333 e. The van der Waals surface area contributed by atoms with Gasteiger partial charge in [0.2, 0.25) is 11.8 Å². The third-order valence-electron chi connectivity index (χ3n) is 3.30. The Morgan fingerprint density at radius 3 is 2.59 bits per heavy atom. The Hall–Kier alpha value is -1.84. The molecular weight excluding hydrogens is 469 g/mol. The Morgan fingerprint density at radius 1 is 1.30 bits per heavy atom. The van der Waals surface area contributed by atoms with Gasteiger partial charge in [0.25, 0.3) is 0 Å². The molecule has 2 rings (SSSR count). The van der Waals surface area contributed by atoms with E-state index in [-0.39, 0.29) is 12.2 Å². The Bertz CT molecular complexity index is 883. The van der Waals surface area contributed by atoms with Crippen LogP contribution >= 0.6 is 38.9 Å². The van der Waals surface area contributed by atoms with Crippen LogP contribution in [0, 0.1) is 0 Å². The van der Waals surface area contributed by atoms with Crippen molar-refractivity contribution in [1.29, 1.82) is 0 Å². The predicted molar refractivity (Wildman–Crippen MR) is 104 cm³/mol. The zero-order chi connectivity index (χ0) is 20.2. The van der Waals surface area contributed by atoms with E-state index in [0.717, 1.165) is 25.7 Å². The van der Waals surface area contributed by atoms with Crippen molar-refractivity contribution in [2.45, 2.75) is 6.18 Å². The lowest BCUT2D eigenvalue weighted by atomic mass is 10.2. The fraction of sp³-hybridized carbons (Fsp3) is 0.176. The summed E-state index contributed by atoms with van der Waals surface area (Å²) in [7, 11) is 1.42. The minimum absolute atomic E-state index is 0.0587. The normalized spacial score (nSPS) is 11.6. The topological polar surface area (TPSA) is 49.4 Å². The van der Waals surface area contributed by atoms with Gasteiger partial charge in [-0.25, -0.2) is 0 Å². The first-order chi connectivity index (χ1) is 12.6. The highest BCUT2D eigenvalue weighted by Crippen LogP contribution is 2.36. The van der Waals surface area contributed by atoms with Gasteiger partial charge < -0.3 is 10.2 Å². The van der Waals surface area contributed by atoms with Crippen LogP contribution in [0.4, 0.5) is 18.9 Å². The summed E-state index contributed by atoms with van der Waals surface area (Å²) in [5.74, 6) is -1.05. The van der Waals surface area contributed by atoms with E-state index in [1.807, 2.05) is 12.1 Å². The fourth-order valence-corrected chi connectivity index (χ4v) is 3.56. The summed E-state index contributed by atoms with van der Waals surface area (Å²) in [6.45, 7) is -0.318. The van der Waals surface area contributed by atoms with Gasteiger partial charge >= 0.3 is 6.18 Å². The van der Waals surface area contributed by atoms with Crippen LogP contribution in [0.15, 0.2) is 40.2 Å². The summed E-state index contributed by atoms with van der Waals surface area (Å²) in [5.41, 5.74) is -1.10. The molecule has 2 aromatic rings. The number of benzene rings is 1. The molecule has 144 valence electrons. The minimum atomic E-state index is -4.63. The van der Waals surface area contributed by atoms with Gasteiger partial charge in [-0.15, -0.1) is 11.3 Å². The summed E-state index contributed by atoms with van der Waals surface area (Å²) in [6, 6.07) is 6.72. The van der Waals surface area contributed by atoms with Crippen molar-refractivity contribution in [3.05, 3.63) is 55.7 Å². The SMILES string of the molecule is CN(CC(=O)Nc1ccc(Cl)c(C(F)(F)F)c1)C(=O)/C=C/c1ccc(Br)s1. The molecule has 0 aliphatic heterocycles. The largest absolute Gasteiger partial charge is 0.417 e. The summed E-state index contributed by atoms with van der Waals surface area (Å²) < 4.78 is 39.5. The summed E-state index contributed by atoms with van der Waals surface area (Å²) >= 11 is 10.3. The lowest BCUT2D eigenvalue weighted by Gasteiger charge is -2.16. The number of thiophene rings is 1. The Labute approximate surface area is 170 Å². The van der Waals surface area contributed by atoms with Crippen LogP contribution in [-0.2, 0) is 15.8 Å². The van der Waals surface area contributed by atoms with E-state index in [0.29, 0.717) is 0 Å². The van der Waals surface area contributed by atoms with E-state index in [2.05, 4.69) is 21.2 Å². The number of halogens is 5. The van der Waals surface area contributed by atoms with Crippen molar-refractivity contribution in [2.24, 2.45) is 0 Å². The molecule has 1 N–H and O–H groups in total. The first kappa shape index (κ1) is 21.5. The fourth-order valence-electron chi connectivity index (χ4n) is 2.01. The van der Waals surface area contributed by atoms with Crippen LogP contribution < -0.4 is 5.32 Å². The van der Waals surface area contributed by atoms with E-state index in [9.17, 15) is 22.8 Å². The zero-order valence-electron chi connectivity index (χ0n) is 13.8. The third-order valence-corrected chi connectivity index (χ3v) is 5.22. The van der Waals surface area contributed by atoms with Gasteiger partial charge in [-0.1, -0.05) is 11.6 Å². The zero-order valence-corrected chi connectivity index (χ0v) is 17.0. The molecule has 0 atom stereocenters. The van der Waals surface area contributed by atoms with Crippen LogP contribution in [0.1, 0.15) is 10.4 Å². The predicted octanol–water partition coefficient (Wildman–Crippen LogP) is 5.29. The second-order valence-electron chi connectivity index (χ2n) is 5.41.